The monoisotopic (exact) mass is 510 g/mol. The number of nitrogens with one attached hydrogen (secondary N) is 3. The molecule has 0 aliphatic heterocycles. The number of hydrogen-bond acceptors (Lipinski definition) is 4. The lowest BCUT2D eigenvalue weighted by atomic mass is 9.95. The van der Waals surface area contributed by atoms with Gasteiger partial charge in [0.25, 0.3) is 0 Å². The van der Waals surface area contributed by atoms with Gasteiger partial charge in [0.05, 0.1) is 6.26 Å². The van der Waals surface area contributed by atoms with Gasteiger partial charge in [-0.3, -0.25) is 10.1 Å². The zero-order chi connectivity index (χ0) is 19.4. The number of furan rings is 1. The summed E-state index contributed by atoms with van der Waals surface area (Å²) in [4.78, 5) is 8.67. The van der Waals surface area contributed by atoms with Gasteiger partial charge < -0.3 is 15.1 Å². The minimum Gasteiger partial charge on any atom is -0.461 e. The Hall–Kier alpha value is -2.43. The molecule has 1 fully saturated rings. The summed E-state index contributed by atoms with van der Waals surface area (Å²) in [6.07, 6.45) is 4.21. The second-order valence-corrected chi connectivity index (χ2v) is 6.95. The topological polar surface area (TPSA) is 91.1 Å². The number of aromatic amines is 1. The van der Waals surface area contributed by atoms with Crippen molar-refractivity contribution in [2.45, 2.75) is 24.7 Å². The van der Waals surface area contributed by atoms with E-state index in [1.807, 2.05) is 18.2 Å². The molecule has 9 heteroatoms. The first-order valence-electron chi connectivity index (χ1n) is 9.35. The number of guanidine groups is 1. The maximum atomic E-state index is 14.1. The number of hydrogen-bond donors (Lipinski definition) is 3. The van der Waals surface area contributed by atoms with Gasteiger partial charge in [0, 0.05) is 32.0 Å². The number of halogens is 2. The molecule has 2 aromatic heterocycles. The van der Waals surface area contributed by atoms with Crippen molar-refractivity contribution in [2.24, 2.45) is 4.99 Å². The number of H-pyrrole nitrogens is 1. The van der Waals surface area contributed by atoms with Gasteiger partial charge >= 0.3 is 0 Å². The van der Waals surface area contributed by atoms with Gasteiger partial charge in [-0.1, -0.05) is 18.2 Å². The van der Waals surface area contributed by atoms with Crippen molar-refractivity contribution in [2.75, 3.05) is 20.1 Å². The van der Waals surface area contributed by atoms with Crippen LogP contribution < -0.4 is 10.6 Å². The van der Waals surface area contributed by atoms with Crippen molar-refractivity contribution in [3.63, 3.8) is 0 Å². The molecule has 4 rings (SSSR count). The highest BCUT2D eigenvalue weighted by atomic mass is 127. The molecule has 1 saturated carbocycles. The summed E-state index contributed by atoms with van der Waals surface area (Å²) >= 11 is 0. The molecule has 3 N–H and O–H groups in total. The highest BCUT2D eigenvalue weighted by Gasteiger charge is 2.45. The molecule has 0 radical (unpaired) electrons. The molecule has 0 saturated heterocycles. The van der Waals surface area contributed by atoms with E-state index in [0.717, 1.165) is 24.2 Å². The summed E-state index contributed by atoms with van der Waals surface area (Å²) in [5, 5.41) is 13.7. The predicted octanol–water partition coefficient (Wildman–Crippen LogP) is 3.26. The average Bonchev–Trinajstić information content (AvgIpc) is 3.10. The van der Waals surface area contributed by atoms with E-state index >= 15 is 0 Å². The van der Waals surface area contributed by atoms with Gasteiger partial charge in [0.2, 0.25) is 5.82 Å². The number of benzene rings is 1. The van der Waals surface area contributed by atoms with E-state index in [9.17, 15) is 4.39 Å². The fourth-order valence-electron chi connectivity index (χ4n) is 3.28. The standard InChI is InChI=1S/C20H23FN6O.HI/c1-22-19(24-13-20(9-10-20)14-5-2-3-6-15(14)21)23-11-8-17-25-18(27-26-17)16-7-4-12-28-16;/h2-7,12H,8-11,13H2,1H3,(H2,22,23,24)(H,25,26,27);1H. The van der Waals surface area contributed by atoms with Crippen LogP contribution in [0, 0.1) is 5.82 Å². The van der Waals surface area contributed by atoms with Crippen LogP contribution in [0.4, 0.5) is 4.39 Å². The number of aliphatic imine (C=N–C) groups is 1. The molecule has 3 aromatic rings. The molecular formula is C20H24FIN6O. The minimum absolute atomic E-state index is 0. The molecule has 7 nitrogen and oxygen atoms in total. The third kappa shape index (κ3) is 4.95. The molecule has 2 heterocycles. The van der Waals surface area contributed by atoms with Crippen molar-refractivity contribution < 1.29 is 8.81 Å². The molecule has 0 amide bonds. The zero-order valence-electron chi connectivity index (χ0n) is 16.1. The van der Waals surface area contributed by atoms with Crippen molar-refractivity contribution in [1.82, 2.24) is 25.8 Å². The number of rotatable bonds is 7. The summed E-state index contributed by atoms with van der Waals surface area (Å²) in [5.74, 6) is 2.49. The highest BCUT2D eigenvalue weighted by molar-refractivity contribution is 14.0. The Morgan fingerprint density at radius 1 is 1.24 bits per heavy atom. The smallest absolute Gasteiger partial charge is 0.216 e. The Morgan fingerprint density at radius 3 is 2.76 bits per heavy atom. The first kappa shape index (κ1) is 21.3. The molecule has 1 aliphatic rings. The summed E-state index contributed by atoms with van der Waals surface area (Å²) < 4.78 is 19.4. The van der Waals surface area contributed by atoms with Crippen LogP contribution in [-0.2, 0) is 11.8 Å². The summed E-state index contributed by atoms with van der Waals surface area (Å²) in [6.45, 7) is 1.29. The first-order chi connectivity index (χ1) is 13.7. The molecule has 154 valence electrons. The highest BCUT2D eigenvalue weighted by Crippen LogP contribution is 2.48. The average molecular weight is 510 g/mol. The maximum Gasteiger partial charge on any atom is 0.216 e. The van der Waals surface area contributed by atoms with Gasteiger partial charge in [-0.05, 0) is 36.6 Å². The van der Waals surface area contributed by atoms with Crippen LogP contribution in [0.1, 0.15) is 24.2 Å². The van der Waals surface area contributed by atoms with Crippen LogP contribution in [0.2, 0.25) is 0 Å². The molecule has 0 spiro atoms. The fraction of sp³-hybridized carbons (Fsp3) is 0.350. The summed E-state index contributed by atoms with van der Waals surface area (Å²) in [6, 6.07) is 10.6. The van der Waals surface area contributed by atoms with E-state index in [-0.39, 0.29) is 35.2 Å². The third-order valence-electron chi connectivity index (χ3n) is 5.04. The molecule has 0 bridgehead atoms. The minimum atomic E-state index is -0.137. The van der Waals surface area contributed by atoms with Crippen LogP contribution in [0.3, 0.4) is 0 Å². The van der Waals surface area contributed by atoms with Crippen LogP contribution in [0.5, 0.6) is 0 Å². The predicted molar refractivity (Wildman–Crippen MR) is 120 cm³/mol. The normalized spacial score (nSPS) is 14.9. The molecular weight excluding hydrogens is 486 g/mol. The summed E-state index contributed by atoms with van der Waals surface area (Å²) in [7, 11) is 1.72. The van der Waals surface area contributed by atoms with Crippen molar-refractivity contribution in [3.05, 3.63) is 59.9 Å². The van der Waals surface area contributed by atoms with Gasteiger partial charge in [-0.2, -0.15) is 5.10 Å². The maximum absolute atomic E-state index is 14.1. The molecule has 0 unspecified atom stereocenters. The van der Waals surface area contributed by atoms with E-state index in [1.54, 1.807) is 25.4 Å². The number of aromatic nitrogens is 3. The molecule has 1 aromatic carbocycles. The van der Waals surface area contributed by atoms with Crippen LogP contribution in [0.15, 0.2) is 52.1 Å². The van der Waals surface area contributed by atoms with Gasteiger partial charge in [0.1, 0.15) is 11.6 Å². The van der Waals surface area contributed by atoms with Gasteiger partial charge in [-0.25, -0.2) is 9.37 Å². The largest absolute Gasteiger partial charge is 0.461 e. The Balaban J connectivity index is 0.00000240. The van der Waals surface area contributed by atoms with E-state index < -0.39 is 0 Å². The SMILES string of the molecule is CN=C(NCCc1nc(-c2ccco2)n[nH]1)NCC1(c2ccccc2F)CC1.I. The Kier molecular flexibility index (Phi) is 6.88. The lowest BCUT2D eigenvalue weighted by molar-refractivity contribution is 0.559. The van der Waals surface area contributed by atoms with Crippen molar-refractivity contribution in [3.8, 4) is 11.6 Å². The lowest BCUT2D eigenvalue weighted by Gasteiger charge is -2.19. The van der Waals surface area contributed by atoms with Gasteiger partial charge in [0.15, 0.2) is 11.7 Å². The fourth-order valence-corrected chi connectivity index (χ4v) is 3.28. The van der Waals surface area contributed by atoms with Crippen LogP contribution >= 0.6 is 24.0 Å². The molecule has 0 atom stereocenters. The van der Waals surface area contributed by atoms with Crippen LogP contribution in [-0.4, -0.2) is 41.3 Å². The quantitative estimate of drug-likeness (QED) is 0.258. The summed E-state index contributed by atoms with van der Waals surface area (Å²) in [5.41, 5.74) is 0.649. The van der Waals surface area contributed by atoms with E-state index in [4.69, 9.17) is 4.42 Å². The lowest BCUT2D eigenvalue weighted by Crippen LogP contribution is -2.42. The second-order valence-electron chi connectivity index (χ2n) is 6.95. The van der Waals surface area contributed by atoms with Gasteiger partial charge in [-0.15, -0.1) is 24.0 Å². The van der Waals surface area contributed by atoms with E-state index in [1.165, 1.54) is 6.07 Å². The van der Waals surface area contributed by atoms with E-state index in [0.29, 0.717) is 37.1 Å². The van der Waals surface area contributed by atoms with E-state index in [2.05, 4.69) is 30.8 Å². The van der Waals surface area contributed by atoms with Crippen LogP contribution in [0.25, 0.3) is 11.6 Å². The number of nitrogens with zero attached hydrogens (tertiary/aromatic N) is 3. The molecule has 1 aliphatic carbocycles. The Labute approximate surface area is 185 Å². The first-order valence-corrected chi connectivity index (χ1v) is 9.35. The van der Waals surface area contributed by atoms with Crippen molar-refractivity contribution >= 4 is 29.9 Å². The zero-order valence-corrected chi connectivity index (χ0v) is 18.4. The Bertz CT molecular complexity index is 952. The molecule has 29 heavy (non-hydrogen) atoms. The Morgan fingerprint density at radius 2 is 2.07 bits per heavy atom. The van der Waals surface area contributed by atoms with Crippen molar-refractivity contribution in [1.29, 1.82) is 0 Å². The second kappa shape index (κ2) is 9.38. The third-order valence-corrected chi connectivity index (χ3v) is 5.04.